The Bertz CT molecular complexity index is 626. The lowest BCUT2D eigenvalue weighted by atomic mass is 10.2. The summed E-state index contributed by atoms with van der Waals surface area (Å²) in [6.45, 7) is 1.47. The molecule has 0 aromatic heterocycles. The molecule has 1 aromatic carbocycles. The van der Waals surface area contributed by atoms with Crippen molar-refractivity contribution >= 4 is 57.5 Å². The van der Waals surface area contributed by atoms with Crippen LogP contribution >= 0.6 is 34.4 Å². The summed E-state index contributed by atoms with van der Waals surface area (Å²) in [7, 11) is 1.22. The molecule has 0 unspecified atom stereocenters. The van der Waals surface area contributed by atoms with E-state index in [0.29, 0.717) is 4.91 Å². The van der Waals surface area contributed by atoms with Crippen molar-refractivity contribution in [1.82, 2.24) is 4.90 Å². The van der Waals surface area contributed by atoms with Gasteiger partial charge in [0.05, 0.1) is 12.0 Å². The molecule has 1 fully saturated rings. The molecule has 21 heavy (non-hydrogen) atoms. The lowest BCUT2D eigenvalue weighted by Gasteiger charge is -2.18. The number of benzene rings is 1. The maximum atomic E-state index is 12.3. The van der Waals surface area contributed by atoms with Gasteiger partial charge in [0.15, 0.2) is 0 Å². The van der Waals surface area contributed by atoms with Crippen LogP contribution in [0, 0.1) is 3.57 Å². The lowest BCUT2D eigenvalue weighted by molar-refractivity contribution is -0.148. The fourth-order valence-electron chi connectivity index (χ4n) is 1.80. The molecule has 1 atom stereocenters. The quantitative estimate of drug-likeness (QED) is 0.430. The lowest BCUT2D eigenvalue weighted by Crippen LogP contribution is -2.42. The molecule has 0 radical (unpaired) electrons. The molecular weight excluding hydrogens is 405 g/mol. The van der Waals surface area contributed by atoms with Crippen LogP contribution in [0.5, 0.6) is 0 Å². The molecule has 0 N–H and O–H groups in total. The highest BCUT2D eigenvalue weighted by atomic mass is 127. The van der Waals surface area contributed by atoms with Gasteiger partial charge >= 0.3 is 5.97 Å². The Morgan fingerprint density at radius 2 is 1.95 bits per heavy atom. The van der Waals surface area contributed by atoms with Crippen LogP contribution in [-0.4, -0.2) is 35.2 Å². The first-order chi connectivity index (χ1) is 9.93. The molecule has 2 rings (SSSR count). The second kappa shape index (κ2) is 6.61. The molecule has 0 aliphatic carbocycles. The summed E-state index contributed by atoms with van der Waals surface area (Å²) in [5, 5.41) is -0.463. The molecule has 1 aromatic rings. The number of carbonyl (C=O) groups is 3. The van der Waals surface area contributed by atoms with E-state index in [0.717, 1.165) is 25.8 Å². The summed E-state index contributed by atoms with van der Waals surface area (Å²) in [5.41, 5.74) is 0.826. The molecule has 1 heterocycles. The van der Waals surface area contributed by atoms with Crippen molar-refractivity contribution < 1.29 is 19.1 Å². The summed E-state index contributed by atoms with van der Waals surface area (Å²) in [6, 6.07) is 6.62. The van der Waals surface area contributed by atoms with Crippen molar-refractivity contribution in [2.75, 3.05) is 7.11 Å². The van der Waals surface area contributed by atoms with Crippen LogP contribution in [0.1, 0.15) is 12.5 Å². The van der Waals surface area contributed by atoms with Gasteiger partial charge in [-0.2, -0.15) is 0 Å². The number of thioether (sulfide) groups is 1. The zero-order chi connectivity index (χ0) is 15.6. The molecule has 1 aliphatic heterocycles. The molecule has 7 heteroatoms. The number of hydrogen-bond acceptors (Lipinski definition) is 5. The number of imide groups is 1. The Balaban J connectivity index is 2.25. The number of nitrogens with zero attached hydrogens (tertiary/aromatic N) is 1. The van der Waals surface area contributed by atoms with E-state index in [1.165, 1.54) is 14.0 Å². The van der Waals surface area contributed by atoms with Crippen LogP contribution in [0.15, 0.2) is 29.2 Å². The van der Waals surface area contributed by atoms with Crippen molar-refractivity contribution in [1.29, 1.82) is 0 Å². The average Bonchev–Trinajstić information content (AvgIpc) is 2.74. The van der Waals surface area contributed by atoms with Crippen molar-refractivity contribution in [2.45, 2.75) is 13.0 Å². The molecule has 0 spiro atoms. The third-order valence-corrected chi connectivity index (χ3v) is 4.52. The molecule has 1 aliphatic rings. The molecule has 1 saturated heterocycles. The number of carbonyl (C=O) groups excluding carboxylic acids is 3. The summed E-state index contributed by atoms with van der Waals surface area (Å²) in [6.07, 6.45) is 1.64. The highest BCUT2D eigenvalue weighted by Gasteiger charge is 2.41. The second-order valence-corrected chi connectivity index (χ2v) is 6.54. The van der Waals surface area contributed by atoms with E-state index in [9.17, 15) is 14.4 Å². The maximum absolute atomic E-state index is 12.3. The maximum Gasteiger partial charge on any atom is 0.328 e. The largest absolute Gasteiger partial charge is 0.467 e. The Morgan fingerprint density at radius 3 is 2.52 bits per heavy atom. The minimum Gasteiger partial charge on any atom is -0.467 e. The molecule has 0 bridgehead atoms. The third kappa shape index (κ3) is 3.46. The van der Waals surface area contributed by atoms with Gasteiger partial charge in [-0.15, -0.1) is 0 Å². The fraction of sp³-hybridized carbons (Fsp3) is 0.214. The van der Waals surface area contributed by atoms with Gasteiger partial charge in [0.1, 0.15) is 6.04 Å². The number of esters is 1. The number of methoxy groups -OCH3 is 1. The van der Waals surface area contributed by atoms with Crippen molar-refractivity contribution in [3.8, 4) is 0 Å². The summed E-state index contributed by atoms with van der Waals surface area (Å²) in [5.74, 6) is -1.09. The normalized spacial score (nSPS) is 18.2. The van der Waals surface area contributed by atoms with Crippen LogP contribution in [0.4, 0.5) is 4.79 Å². The van der Waals surface area contributed by atoms with Gasteiger partial charge in [-0.3, -0.25) is 14.5 Å². The Labute approximate surface area is 139 Å². The fourth-order valence-corrected chi connectivity index (χ4v) is 3.07. The van der Waals surface area contributed by atoms with Crippen LogP contribution in [0.3, 0.4) is 0 Å². The molecule has 110 valence electrons. The minimum absolute atomic E-state index is 0.303. The van der Waals surface area contributed by atoms with Crippen LogP contribution in [0.25, 0.3) is 6.08 Å². The molecule has 5 nitrogen and oxygen atoms in total. The van der Waals surface area contributed by atoms with Crippen LogP contribution in [0.2, 0.25) is 0 Å². The molecular formula is C14H12INO4S. The summed E-state index contributed by atoms with van der Waals surface area (Å²) < 4.78 is 5.65. The first kappa shape index (κ1) is 16.0. The van der Waals surface area contributed by atoms with Gasteiger partial charge in [-0.1, -0.05) is 12.1 Å². The molecule has 2 amide bonds. The van der Waals surface area contributed by atoms with Gasteiger partial charge in [0, 0.05) is 3.57 Å². The minimum atomic E-state index is -0.926. The smallest absolute Gasteiger partial charge is 0.328 e. The highest BCUT2D eigenvalue weighted by Crippen LogP contribution is 2.33. The predicted molar refractivity (Wildman–Crippen MR) is 88.4 cm³/mol. The van der Waals surface area contributed by atoms with Crippen LogP contribution in [-0.2, 0) is 14.3 Å². The van der Waals surface area contributed by atoms with E-state index in [1.807, 2.05) is 24.3 Å². The van der Waals surface area contributed by atoms with Crippen molar-refractivity contribution in [2.24, 2.45) is 0 Å². The zero-order valence-corrected chi connectivity index (χ0v) is 14.3. The highest BCUT2D eigenvalue weighted by molar-refractivity contribution is 14.1. The Hall–Kier alpha value is -1.35. The number of amides is 2. The van der Waals surface area contributed by atoms with E-state index in [4.69, 9.17) is 0 Å². The average molecular weight is 417 g/mol. The van der Waals surface area contributed by atoms with E-state index in [-0.39, 0.29) is 0 Å². The SMILES string of the molecule is COC(=O)[C@H](C)N1C(=O)S/C(=C\c2ccc(I)cc2)C1=O. The first-order valence-corrected chi connectivity index (χ1v) is 7.94. The number of halogens is 1. The Kier molecular flexibility index (Phi) is 5.04. The number of rotatable bonds is 3. The van der Waals surface area contributed by atoms with E-state index < -0.39 is 23.2 Å². The first-order valence-electron chi connectivity index (χ1n) is 6.04. The standard InChI is InChI=1S/C14H12INO4S/c1-8(13(18)20-2)16-12(17)11(21-14(16)19)7-9-3-5-10(15)6-4-9/h3-8H,1-2H3/b11-7-/t8-/m0/s1. The number of hydrogen-bond donors (Lipinski definition) is 0. The van der Waals surface area contributed by atoms with E-state index in [2.05, 4.69) is 27.3 Å². The Morgan fingerprint density at radius 1 is 1.33 bits per heavy atom. The van der Waals surface area contributed by atoms with Gasteiger partial charge in [-0.25, -0.2) is 4.79 Å². The predicted octanol–water partition coefficient (Wildman–Crippen LogP) is 2.89. The van der Waals surface area contributed by atoms with Gasteiger partial charge < -0.3 is 4.74 Å². The summed E-state index contributed by atoms with van der Waals surface area (Å²) >= 11 is 3.01. The summed E-state index contributed by atoms with van der Waals surface area (Å²) in [4.78, 5) is 36.9. The second-order valence-electron chi connectivity index (χ2n) is 4.30. The number of ether oxygens (including phenoxy) is 1. The molecule has 0 saturated carbocycles. The van der Waals surface area contributed by atoms with Crippen LogP contribution < -0.4 is 0 Å². The van der Waals surface area contributed by atoms with E-state index in [1.54, 1.807) is 6.08 Å². The van der Waals surface area contributed by atoms with E-state index >= 15 is 0 Å². The van der Waals surface area contributed by atoms with Crippen molar-refractivity contribution in [3.63, 3.8) is 0 Å². The van der Waals surface area contributed by atoms with Crippen molar-refractivity contribution in [3.05, 3.63) is 38.3 Å². The van der Waals surface area contributed by atoms with Gasteiger partial charge in [0.25, 0.3) is 11.1 Å². The monoisotopic (exact) mass is 417 g/mol. The van der Waals surface area contributed by atoms with Gasteiger partial charge in [0.2, 0.25) is 0 Å². The van der Waals surface area contributed by atoms with Gasteiger partial charge in [-0.05, 0) is 65.0 Å². The topological polar surface area (TPSA) is 63.7 Å². The zero-order valence-electron chi connectivity index (χ0n) is 11.3. The third-order valence-electron chi connectivity index (χ3n) is 2.92.